The number of aromatic nitrogens is 1. The predicted octanol–water partition coefficient (Wildman–Crippen LogP) is 2.39. The van der Waals surface area contributed by atoms with E-state index in [0.717, 1.165) is 23.5 Å². The van der Waals surface area contributed by atoms with E-state index in [0.29, 0.717) is 4.31 Å². The van der Waals surface area contributed by atoms with Crippen molar-refractivity contribution in [2.75, 3.05) is 17.4 Å². The van der Waals surface area contributed by atoms with Gasteiger partial charge in [-0.15, -0.1) is 0 Å². The summed E-state index contributed by atoms with van der Waals surface area (Å²) < 4.78 is 64.8. The summed E-state index contributed by atoms with van der Waals surface area (Å²) in [5.74, 6) is -0.459. The van der Waals surface area contributed by atoms with Gasteiger partial charge in [0.25, 0.3) is 0 Å². The third-order valence-corrected chi connectivity index (χ3v) is 7.98. The molecule has 0 saturated carbocycles. The van der Waals surface area contributed by atoms with Crippen LogP contribution >= 0.6 is 0 Å². The molecule has 0 bridgehead atoms. The third-order valence-electron chi connectivity index (χ3n) is 5.75. The van der Waals surface area contributed by atoms with Crippen molar-refractivity contribution in [3.05, 3.63) is 64.6 Å². The van der Waals surface area contributed by atoms with Crippen LogP contribution in [0.2, 0.25) is 0 Å². The molecule has 1 aliphatic heterocycles. The van der Waals surface area contributed by atoms with Crippen LogP contribution in [0.5, 0.6) is 0 Å². The molecule has 0 saturated heterocycles. The van der Waals surface area contributed by atoms with E-state index in [2.05, 4.69) is 4.98 Å². The highest BCUT2D eigenvalue weighted by atomic mass is 32.2. The van der Waals surface area contributed by atoms with Gasteiger partial charge < -0.3 is 0 Å². The number of pyridine rings is 1. The molecule has 2 aromatic rings. The van der Waals surface area contributed by atoms with Gasteiger partial charge in [0.1, 0.15) is 12.7 Å². The number of carbonyl (C=O) groups excluding carboxylic acids is 2. The normalized spacial score (nSPS) is 18.6. The van der Waals surface area contributed by atoms with Gasteiger partial charge in [0.15, 0.2) is 15.6 Å². The van der Waals surface area contributed by atoms with Gasteiger partial charge in [-0.1, -0.05) is 6.07 Å². The van der Waals surface area contributed by atoms with Gasteiger partial charge in [0, 0.05) is 30.1 Å². The zero-order chi connectivity index (χ0) is 25.7. The molecule has 2 heterocycles. The Morgan fingerprint density at radius 3 is 2.43 bits per heavy atom. The molecule has 1 atom stereocenters. The quantitative estimate of drug-likeness (QED) is 0.586. The van der Waals surface area contributed by atoms with Gasteiger partial charge in [-0.25, -0.2) is 30.3 Å². The molecule has 1 unspecified atom stereocenters. The lowest BCUT2D eigenvalue weighted by Gasteiger charge is -2.41. The number of Topliss-reactive ketones (excluding diaryl/α,β-unsaturated/α-hetero) is 1. The average Bonchev–Trinajstić information content (AvgIpc) is 3.17. The van der Waals surface area contributed by atoms with Crippen molar-refractivity contribution in [1.29, 1.82) is 5.26 Å². The molecular weight excluding hydrogens is 499 g/mol. The first-order chi connectivity index (χ1) is 16.4. The molecule has 13 heteroatoms. The second-order valence-electron chi connectivity index (χ2n) is 8.14. The van der Waals surface area contributed by atoms with Crippen molar-refractivity contribution in [1.82, 2.24) is 9.29 Å². The van der Waals surface area contributed by atoms with Crippen molar-refractivity contribution >= 4 is 37.4 Å². The number of rotatable bonds is 5. The number of halogens is 1. The Morgan fingerprint density at radius 2 is 1.83 bits per heavy atom. The number of allylic oxidation sites excluding steroid dienone is 1. The summed E-state index contributed by atoms with van der Waals surface area (Å²) in [6.07, 6.45) is 2.97. The van der Waals surface area contributed by atoms with Crippen LogP contribution in [0.1, 0.15) is 35.7 Å². The minimum absolute atomic E-state index is 0.00116. The summed E-state index contributed by atoms with van der Waals surface area (Å²) >= 11 is 0. The Bertz CT molecular complexity index is 1560. The van der Waals surface area contributed by atoms with Gasteiger partial charge in [0.05, 0.1) is 34.2 Å². The molecule has 35 heavy (non-hydrogen) atoms. The van der Waals surface area contributed by atoms with E-state index in [-0.39, 0.29) is 51.5 Å². The number of sulfone groups is 1. The fraction of sp³-hybridized carbons (Fsp3) is 0.273. The maximum atomic E-state index is 13.7. The highest BCUT2D eigenvalue weighted by Gasteiger charge is 2.50. The van der Waals surface area contributed by atoms with Crippen molar-refractivity contribution < 1.29 is 30.8 Å². The van der Waals surface area contributed by atoms with Crippen LogP contribution in [0.4, 0.5) is 14.9 Å². The van der Waals surface area contributed by atoms with Crippen molar-refractivity contribution in [3.63, 3.8) is 0 Å². The molecule has 0 fully saturated rings. The van der Waals surface area contributed by atoms with Crippen LogP contribution in [-0.2, 0) is 31.3 Å². The molecule has 1 aliphatic carbocycles. The van der Waals surface area contributed by atoms with Crippen LogP contribution in [0.3, 0.4) is 0 Å². The number of carbonyl (C=O) groups is 2. The van der Waals surface area contributed by atoms with Gasteiger partial charge in [-0.05, 0) is 36.2 Å². The first-order valence-corrected chi connectivity index (χ1v) is 14.0. The highest BCUT2D eigenvalue weighted by molar-refractivity contribution is 7.90. The van der Waals surface area contributed by atoms with Gasteiger partial charge in [0.2, 0.25) is 10.0 Å². The Kier molecular flexibility index (Phi) is 5.98. The molecule has 1 aromatic heterocycles. The number of hydrogen-bond donors (Lipinski definition) is 0. The van der Waals surface area contributed by atoms with Crippen molar-refractivity contribution in [2.45, 2.75) is 30.5 Å². The number of benzene rings is 1. The number of sulfonamides is 1. The molecule has 0 N–H and O–H groups in total. The Balaban J connectivity index is 2.07. The number of alkyl halides is 1. The van der Waals surface area contributed by atoms with E-state index in [4.69, 9.17) is 0 Å². The molecule has 0 spiro atoms. The van der Waals surface area contributed by atoms with E-state index < -0.39 is 44.4 Å². The minimum atomic E-state index is -4.36. The monoisotopic (exact) mass is 518 g/mol. The number of urea groups is 1. The maximum absolute atomic E-state index is 13.7. The van der Waals surface area contributed by atoms with Crippen LogP contribution in [-0.4, -0.2) is 50.5 Å². The van der Waals surface area contributed by atoms with E-state index in [9.17, 15) is 36.1 Å². The Hall–Kier alpha value is -3.63. The molecule has 2 amide bonds. The summed E-state index contributed by atoms with van der Waals surface area (Å²) in [7, 11) is -8.37. The minimum Gasteiger partial charge on any atom is -0.294 e. The smallest absolute Gasteiger partial charge is 0.294 e. The fourth-order valence-electron chi connectivity index (χ4n) is 4.36. The number of ketones is 1. The van der Waals surface area contributed by atoms with Crippen LogP contribution in [0.15, 0.2) is 52.7 Å². The van der Waals surface area contributed by atoms with Gasteiger partial charge in [-0.3, -0.25) is 14.7 Å². The Labute approximate surface area is 201 Å². The number of hydrogen-bond acceptors (Lipinski definition) is 8. The largest absolute Gasteiger partial charge is 0.343 e. The van der Waals surface area contributed by atoms with E-state index in [1.807, 2.05) is 6.07 Å². The predicted molar refractivity (Wildman–Crippen MR) is 122 cm³/mol. The highest BCUT2D eigenvalue weighted by Crippen LogP contribution is 2.47. The molecule has 1 aromatic carbocycles. The van der Waals surface area contributed by atoms with Crippen LogP contribution in [0, 0.1) is 11.3 Å². The molecular formula is C22H19FN4O6S2. The molecule has 4 rings (SSSR count). The number of nitrogens with zero attached hydrogens (tertiary/aromatic N) is 4. The lowest BCUT2D eigenvalue weighted by Crippen LogP contribution is -2.52. The van der Waals surface area contributed by atoms with Crippen molar-refractivity contribution in [3.8, 4) is 6.07 Å². The fourth-order valence-corrected chi connectivity index (χ4v) is 6.27. The number of nitriles is 1. The summed E-state index contributed by atoms with van der Waals surface area (Å²) in [5.41, 5.74) is 0.155. The zero-order valence-corrected chi connectivity index (χ0v) is 20.2. The lowest BCUT2D eigenvalue weighted by molar-refractivity contribution is -0.115. The summed E-state index contributed by atoms with van der Waals surface area (Å²) in [6.45, 7) is -0.928. The molecule has 2 aliphatic rings. The number of anilines is 1. The maximum Gasteiger partial charge on any atom is 0.343 e. The zero-order valence-electron chi connectivity index (χ0n) is 18.6. The van der Waals surface area contributed by atoms with E-state index in [1.165, 1.54) is 30.5 Å². The second-order valence-corrected chi connectivity index (χ2v) is 12.0. The second kappa shape index (κ2) is 8.54. The van der Waals surface area contributed by atoms with E-state index in [1.54, 1.807) is 0 Å². The van der Waals surface area contributed by atoms with Crippen LogP contribution < -0.4 is 4.90 Å². The Morgan fingerprint density at radius 1 is 1.11 bits per heavy atom. The summed E-state index contributed by atoms with van der Waals surface area (Å²) in [6, 6.07) is 5.49. The lowest BCUT2D eigenvalue weighted by atomic mass is 9.94. The molecule has 182 valence electrons. The third kappa shape index (κ3) is 4.19. The summed E-state index contributed by atoms with van der Waals surface area (Å²) in [4.78, 5) is 31.3. The number of amides is 2. The van der Waals surface area contributed by atoms with Crippen LogP contribution in [0.25, 0.3) is 0 Å². The average molecular weight is 519 g/mol. The van der Waals surface area contributed by atoms with Gasteiger partial charge in [-0.2, -0.15) is 5.26 Å². The molecule has 0 radical (unpaired) electrons. The van der Waals surface area contributed by atoms with E-state index >= 15 is 0 Å². The summed E-state index contributed by atoms with van der Waals surface area (Å²) in [5, 5.41) is 9.24. The van der Waals surface area contributed by atoms with Gasteiger partial charge >= 0.3 is 6.03 Å². The van der Waals surface area contributed by atoms with Crippen molar-refractivity contribution in [2.24, 2.45) is 0 Å². The first-order valence-electron chi connectivity index (χ1n) is 10.2. The topological polar surface area (TPSA) is 146 Å². The standard InChI is InChI=1S/C22H19FN4O6S2/c1-34(30,31)19-9-13(12-24)3-4-16(19)21-20-17(5-6-18(20)28)26(22(29)27(21)35(2,32)33)15-7-8-25-14(10-15)11-23/h3-4,7-10,21H,5-6,11H2,1-2H3. The molecule has 10 nitrogen and oxygen atoms in total. The SMILES string of the molecule is CS(=O)(=O)c1cc(C#N)ccc1C1C2=C(CCC2=O)N(c2ccnc(CF)c2)C(=O)N1S(C)(=O)=O. The first kappa shape index (κ1) is 24.5.